The fraction of sp³-hybridized carbons (Fsp3) is 0.235. The van der Waals surface area contributed by atoms with Crippen LogP contribution in [0.3, 0.4) is 0 Å². The second-order valence-corrected chi connectivity index (χ2v) is 4.90. The number of halogens is 1. The van der Waals surface area contributed by atoms with E-state index in [1.807, 2.05) is 31.2 Å². The van der Waals surface area contributed by atoms with Crippen molar-refractivity contribution in [2.24, 2.45) is 0 Å². The molecular weight excluding hydrogens is 269 g/mol. The molecule has 1 amide bonds. The second-order valence-electron chi connectivity index (χ2n) is 4.90. The van der Waals surface area contributed by atoms with E-state index in [1.165, 1.54) is 24.3 Å². The van der Waals surface area contributed by atoms with Crippen molar-refractivity contribution in [3.05, 3.63) is 65.5 Å². The molecule has 2 aromatic rings. The van der Waals surface area contributed by atoms with Crippen LogP contribution in [0.25, 0.3) is 0 Å². The summed E-state index contributed by atoms with van der Waals surface area (Å²) < 4.78 is 18.4. The molecule has 2 aromatic carbocycles. The lowest BCUT2D eigenvalue weighted by Crippen LogP contribution is -2.30. The van der Waals surface area contributed by atoms with E-state index in [0.717, 1.165) is 11.3 Å². The first kappa shape index (κ1) is 15.0. The molecule has 0 spiro atoms. The van der Waals surface area contributed by atoms with Gasteiger partial charge in [-0.1, -0.05) is 12.1 Å². The van der Waals surface area contributed by atoms with Gasteiger partial charge in [0.05, 0.1) is 6.54 Å². The van der Waals surface area contributed by atoms with Gasteiger partial charge in [-0.3, -0.25) is 4.79 Å². The van der Waals surface area contributed by atoms with Crippen LogP contribution in [0.4, 0.5) is 4.39 Å². The SMILES string of the molecule is Cc1cccc(OCCN(C)C(=O)c2ccc(F)cc2)c1. The molecule has 0 unspecified atom stereocenters. The topological polar surface area (TPSA) is 29.5 Å². The number of nitrogens with zero attached hydrogens (tertiary/aromatic N) is 1. The molecule has 0 aliphatic rings. The van der Waals surface area contributed by atoms with Gasteiger partial charge in [-0.25, -0.2) is 4.39 Å². The minimum Gasteiger partial charge on any atom is -0.492 e. The minimum atomic E-state index is -0.350. The maximum Gasteiger partial charge on any atom is 0.253 e. The van der Waals surface area contributed by atoms with Gasteiger partial charge >= 0.3 is 0 Å². The fourth-order valence-corrected chi connectivity index (χ4v) is 1.92. The summed E-state index contributed by atoms with van der Waals surface area (Å²) in [5.41, 5.74) is 1.60. The minimum absolute atomic E-state index is 0.150. The van der Waals surface area contributed by atoms with Crippen LogP contribution in [0.15, 0.2) is 48.5 Å². The number of rotatable bonds is 5. The zero-order valence-electron chi connectivity index (χ0n) is 12.2. The van der Waals surface area contributed by atoms with Crippen LogP contribution < -0.4 is 4.74 Å². The van der Waals surface area contributed by atoms with E-state index in [1.54, 1.807) is 11.9 Å². The summed E-state index contributed by atoms with van der Waals surface area (Å²) in [7, 11) is 1.70. The molecule has 0 heterocycles. The van der Waals surface area contributed by atoms with Gasteiger partial charge in [0.1, 0.15) is 18.2 Å². The Hall–Kier alpha value is -2.36. The molecule has 2 rings (SSSR count). The zero-order chi connectivity index (χ0) is 15.2. The number of hydrogen-bond donors (Lipinski definition) is 0. The molecule has 0 aromatic heterocycles. The molecule has 110 valence electrons. The number of aryl methyl sites for hydroxylation is 1. The van der Waals surface area contributed by atoms with Crippen LogP contribution in [0, 0.1) is 12.7 Å². The van der Waals surface area contributed by atoms with Gasteiger partial charge in [-0.05, 0) is 48.9 Å². The highest BCUT2D eigenvalue weighted by Gasteiger charge is 2.11. The van der Waals surface area contributed by atoms with E-state index in [4.69, 9.17) is 4.74 Å². The average molecular weight is 287 g/mol. The van der Waals surface area contributed by atoms with Crippen molar-refractivity contribution >= 4 is 5.91 Å². The maximum absolute atomic E-state index is 12.8. The molecule has 0 saturated carbocycles. The molecule has 0 radical (unpaired) electrons. The zero-order valence-corrected chi connectivity index (χ0v) is 12.2. The maximum atomic E-state index is 12.8. The van der Waals surface area contributed by atoms with E-state index in [2.05, 4.69) is 0 Å². The van der Waals surface area contributed by atoms with Crippen LogP contribution in [-0.2, 0) is 0 Å². The third-order valence-electron chi connectivity index (χ3n) is 3.12. The van der Waals surface area contributed by atoms with Crippen LogP contribution in [-0.4, -0.2) is 31.0 Å². The molecule has 0 aliphatic carbocycles. The van der Waals surface area contributed by atoms with Crippen molar-refractivity contribution in [2.45, 2.75) is 6.92 Å². The molecule has 0 N–H and O–H groups in total. The van der Waals surface area contributed by atoms with E-state index in [0.29, 0.717) is 18.7 Å². The lowest BCUT2D eigenvalue weighted by Gasteiger charge is -2.17. The summed E-state index contributed by atoms with van der Waals surface area (Å²) in [5, 5.41) is 0. The van der Waals surface area contributed by atoms with Gasteiger partial charge in [0.15, 0.2) is 0 Å². The Kier molecular flexibility index (Phi) is 4.93. The Labute approximate surface area is 124 Å². The monoisotopic (exact) mass is 287 g/mol. The second kappa shape index (κ2) is 6.88. The Balaban J connectivity index is 1.85. The number of benzene rings is 2. The normalized spacial score (nSPS) is 10.2. The number of amides is 1. The van der Waals surface area contributed by atoms with Gasteiger partial charge in [-0.2, -0.15) is 0 Å². The molecule has 3 nitrogen and oxygen atoms in total. The van der Waals surface area contributed by atoms with Crippen LogP contribution in [0.2, 0.25) is 0 Å². The Bertz CT molecular complexity index is 610. The summed E-state index contributed by atoms with van der Waals surface area (Å²) in [6, 6.07) is 13.3. The van der Waals surface area contributed by atoms with E-state index in [-0.39, 0.29) is 11.7 Å². The van der Waals surface area contributed by atoms with Crippen LogP contribution in [0.1, 0.15) is 15.9 Å². The molecular formula is C17H18FNO2. The third-order valence-corrected chi connectivity index (χ3v) is 3.12. The standard InChI is InChI=1S/C17H18FNO2/c1-13-4-3-5-16(12-13)21-11-10-19(2)17(20)14-6-8-15(18)9-7-14/h3-9,12H,10-11H2,1-2H3. The predicted molar refractivity (Wildman–Crippen MR) is 80.0 cm³/mol. The first-order chi connectivity index (χ1) is 10.1. The average Bonchev–Trinajstić information content (AvgIpc) is 2.47. The Morgan fingerprint density at radius 3 is 2.57 bits per heavy atom. The lowest BCUT2D eigenvalue weighted by atomic mass is 10.2. The summed E-state index contributed by atoms with van der Waals surface area (Å²) >= 11 is 0. The highest BCUT2D eigenvalue weighted by Crippen LogP contribution is 2.12. The Morgan fingerprint density at radius 1 is 1.19 bits per heavy atom. The number of likely N-dealkylation sites (N-methyl/N-ethyl adjacent to an activating group) is 1. The highest BCUT2D eigenvalue weighted by molar-refractivity contribution is 5.93. The van der Waals surface area contributed by atoms with Crippen molar-refractivity contribution in [1.29, 1.82) is 0 Å². The molecule has 21 heavy (non-hydrogen) atoms. The van der Waals surface area contributed by atoms with Crippen LogP contribution in [0.5, 0.6) is 5.75 Å². The summed E-state index contributed by atoms with van der Waals surface area (Å²) in [6.45, 7) is 2.87. The molecule has 0 aliphatic heterocycles. The molecule has 0 bridgehead atoms. The number of carbonyl (C=O) groups excluding carboxylic acids is 1. The molecule has 0 saturated heterocycles. The van der Waals surface area contributed by atoms with E-state index in [9.17, 15) is 9.18 Å². The van der Waals surface area contributed by atoms with E-state index >= 15 is 0 Å². The van der Waals surface area contributed by atoms with Crippen molar-refractivity contribution < 1.29 is 13.9 Å². The largest absolute Gasteiger partial charge is 0.492 e. The van der Waals surface area contributed by atoms with Gasteiger partial charge in [-0.15, -0.1) is 0 Å². The molecule has 0 atom stereocenters. The summed E-state index contributed by atoms with van der Waals surface area (Å²) in [5.74, 6) is 0.289. The smallest absolute Gasteiger partial charge is 0.253 e. The highest BCUT2D eigenvalue weighted by atomic mass is 19.1. The number of hydrogen-bond acceptors (Lipinski definition) is 2. The van der Waals surface area contributed by atoms with Gasteiger partial charge in [0, 0.05) is 12.6 Å². The third kappa shape index (κ3) is 4.31. The fourth-order valence-electron chi connectivity index (χ4n) is 1.92. The van der Waals surface area contributed by atoms with Crippen molar-refractivity contribution in [3.63, 3.8) is 0 Å². The quantitative estimate of drug-likeness (QED) is 0.844. The predicted octanol–water partition coefficient (Wildman–Crippen LogP) is 3.29. The van der Waals surface area contributed by atoms with Crippen molar-refractivity contribution in [1.82, 2.24) is 4.90 Å². The van der Waals surface area contributed by atoms with Crippen LogP contribution >= 0.6 is 0 Å². The number of carbonyl (C=O) groups is 1. The van der Waals surface area contributed by atoms with Crippen molar-refractivity contribution in [2.75, 3.05) is 20.2 Å². The van der Waals surface area contributed by atoms with Crippen molar-refractivity contribution in [3.8, 4) is 5.75 Å². The van der Waals surface area contributed by atoms with Gasteiger partial charge < -0.3 is 9.64 Å². The van der Waals surface area contributed by atoms with Gasteiger partial charge in [0.25, 0.3) is 5.91 Å². The first-order valence-corrected chi connectivity index (χ1v) is 6.77. The summed E-state index contributed by atoms with van der Waals surface area (Å²) in [6.07, 6.45) is 0. The molecule has 0 fully saturated rings. The Morgan fingerprint density at radius 2 is 1.90 bits per heavy atom. The van der Waals surface area contributed by atoms with E-state index < -0.39 is 0 Å². The number of ether oxygens (including phenoxy) is 1. The van der Waals surface area contributed by atoms with Gasteiger partial charge in [0.2, 0.25) is 0 Å². The first-order valence-electron chi connectivity index (χ1n) is 6.77. The molecule has 4 heteroatoms. The summed E-state index contributed by atoms with van der Waals surface area (Å²) in [4.78, 5) is 13.7. The lowest BCUT2D eigenvalue weighted by molar-refractivity contribution is 0.0773.